The third-order valence-electron chi connectivity index (χ3n) is 10.6. The van der Waals surface area contributed by atoms with E-state index >= 15 is 0 Å². The Morgan fingerprint density at radius 3 is 1.95 bits per heavy atom. The topological polar surface area (TPSA) is 93.5 Å². The van der Waals surface area contributed by atoms with Crippen LogP contribution in [0.15, 0.2) is 128 Å². The van der Waals surface area contributed by atoms with E-state index in [1.54, 1.807) is 31.6 Å². The molecule has 0 unspecified atom stereocenters. The van der Waals surface area contributed by atoms with Gasteiger partial charge in [-0.2, -0.15) is 5.10 Å². The molecule has 1 saturated carbocycles. The lowest BCUT2D eigenvalue weighted by molar-refractivity contribution is 0.0584. The number of ether oxygens (including phenoxy) is 1. The molecule has 0 spiro atoms. The van der Waals surface area contributed by atoms with Crippen LogP contribution in [0.1, 0.15) is 83.5 Å². The van der Waals surface area contributed by atoms with Crippen LogP contribution in [0.2, 0.25) is 5.02 Å². The van der Waals surface area contributed by atoms with E-state index in [9.17, 15) is 9.59 Å². The van der Waals surface area contributed by atoms with Gasteiger partial charge in [0.1, 0.15) is 5.75 Å². The van der Waals surface area contributed by atoms with Gasteiger partial charge in [0.25, 0.3) is 11.8 Å². The smallest absolute Gasteiger partial charge is 0.255 e. The third-order valence-corrected chi connectivity index (χ3v) is 10.9. The Morgan fingerprint density at radius 1 is 0.782 bits per heavy atom. The molecule has 55 heavy (non-hydrogen) atoms. The van der Waals surface area contributed by atoms with E-state index in [0.717, 1.165) is 47.9 Å². The minimum atomic E-state index is -0.259. The maximum absolute atomic E-state index is 14.9. The lowest BCUT2D eigenvalue weighted by Crippen LogP contribution is -2.42. The molecule has 0 radical (unpaired) electrons. The quantitative estimate of drug-likeness (QED) is 0.117. The largest absolute Gasteiger partial charge is 0.495 e. The number of halogens is 1. The molecule has 4 aromatic carbocycles. The summed E-state index contributed by atoms with van der Waals surface area (Å²) < 4.78 is 7.24. The summed E-state index contributed by atoms with van der Waals surface area (Å²) >= 11 is 6.58. The van der Waals surface area contributed by atoms with Crippen LogP contribution in [0.3, 0.4) is 0 Å². The lowest BCUT2D eigenvalue weighted by atomic mass is 9.97. The van der Waals surface area contributed by atoms with Crippen LogP contribution in [-0.4, -0.2) is 61.1 Å². The summed E-state index contributed by atoms with van der Waals surface area (Å²) in [6, 6.07) is 36.1. The number of rotatable bonds is 13. The molecule has 0 N–H and O–H groups in total. The molecule has 7 rings (SSSR count). The highest BCUT2D eigenvalue weighted by atomic mass is 35.5. The van der Waals surface area contributed by atoms with Crippen molar-refractivity contribution in [3.8, 4) is 28.5 Å². The van der Waals surface area contributed by atoms with Crippen molar-refractivity contribution in [1.29, 1.82) is 0 Å². The maximum Gasteiger partial charge on any atom is 0.255 e. The van der Waals surface area contributed by atoms with Crippen LogP contribution < -0.4 is 4.74 Å². The van der Waals surface area contributed by atoms with Crippen molar-refractivity contribution in [2.75, 3.05) is 13.7 Å². The Labute approximate surface area is 327 Å². The number of amides is 2. The average molecular weight is 753 g/mol. The number of hydrogen-bond acceptors (Lipinski definition) is 6. The molecule has 0 bridgehead atoms. The number of hydrogen-bond donors (Lipinski definition) is 0. The fraction of sp³-hybridized carbons (Fsp3) is 0.267. The fourth-order valence-corrected chi connectivity index (χ4v) is 7.89. The first-order valence-corrected chi connectivity index (χ1v) is 19.2. The van der Waals surface area contributed by atoms with Crippen LogP contribution in [0.4, 0.5) is 0 Å². The molecule has 1 aliphatic rings. The molecule has 1 fully saturated rings. The Kier molecular flexibility index (Phi) is 11.7. The van der Waals surface area contributed by atoms with Crippen molar-refractivity contribution < 1.29 is 14.3 Å². The predicted molar refractivity (Wildman–Crippen MR) is 216 cm³/mol. The van der Waals surface area contributed by atoms with Gasteiger partial charge in [-0.15, -0.1) is 0 Å². The summed E-state index contributed by atoms with van der Waals surface area (Å²) in [4.78, 5) is 42.8. The second kappa shape index (κ2) is 17.1. The zero-order valence-corrected chi connectivity index (χ0v) is 32.1. The highest BCUT2D eigenvalue weighted by molar-refractivity contribution is 6.32. The Bertz CT molecular complexity index is 2180. The normalized spacial score (nSPS) is 14.0. The van der Waals surface area contributed by atoms with Gasteiger partial charge in [0, 0.05) is 36.1 Å². The third kappa shape index (κ3) is 8.17. The molecule has 2 amide bonds. The second-order valence-corrected chi connectivity index (χ2v) is 14.3. The fourth-order valence-electron chi connectivity index (χ4n) is 7.63. The van der Waals surface area contributed by atoms with Gasteiger partial charge in [0.05, 0.1) is 41.9 Å². The molecule has 1 aliphatic carbocycles. The molecule has 2 atom stereocenters. The minimum Gasteiger partial charge on any atom is -0.495 e. The average Bonchev–Trinajstić information content (AvgIpc) is 3.93. The van der Waals surface area contributed by atoms with Crippen LogP contribution >= 0.6 is 11.6 Å². The zero-order chi connectivity index (χ0) is 38.3. The van der Waals surface area contributed by atoms with Crippen LogP contribution in [0, 0.1) is 0 Å². The Balaban J connectivity index is 1.23. The Hall–Kier alpha value is -5.80. The van der Waals surface area contributed by atoms with E-state index in [2.05, 4.69) is 4.98 Å². The molecule has 2 heterocycles. The molecule has 6 aromatic rings. The molecule has 0 saturated heterocycles. The number of carbonyl (C=O) groups excluding carboxylic acids is 2. The number of carbonyl (C=O) groups is 2. The number of benzene rings is 4. The van der Waals surface area contributed by atoms with Gasteiger partial charge in [-0.05, 0) is 80.3 Å². The van der Waals surface area contributed by atoms with Crippen molar-refractivity contribution in [1.82, 2.24) is 29.5 Å². The molecule has 10 heteroatoms. The molecular weight excluding hydrogens is 708 g/mol. The van der Waals surface area contributed by atoms with Gasteiger partial charge in [0.2, 0.25) is 0 Å². The minimum absolute atomic E-state index is 0.0281. The van der Waals surface area contributed by atoms with E-state index in [4.69, 9.17) is 26.4 Å². The zero-order valence-electron chi connectivity index (χ0n) is 31.4. The predicted octanol–water partition coefficient (Wildman–Crippen LogP) is 9.72. The van der Waals surface area contributed by atoms with Crippen molar-refractivity contribution >= 4 is 23.4 Å². The Morgan fingerprint density at radius 2 is 1.36 bits per heavy atom. The SMILES string of the molecule is COc1ccc(-c2nc(-c3ccncc3)nn2CCN(C(=O)c2ccccc2C(=O)N([C@H](C)c2ccccc2)[C@H](C)c2ccccc2)C2CCCC2)cc1Cl. The molecule has 0 aliphatic heterocycles. The van der Waals surface area contributed by atoms with E-state index in [1.165, 1.54) is 0 Å². The first kappa shape index (κ1) is 37.5. The molecule has 2 aromatic heterocycles. The summed E-state index contributed by atoms with van der Waals surface area (Å²) in [5.41, 5.74) is 4.41. The first-order chi connectivity index (χ1) is 26.8. The summed E-state index contributed by atoms with van der Waals surface area (Å²) in [6.45, 7) is 4.84. The maximum atomic E-state index is 14.9. The number of pyridine rings is 1. The van der Waals surface area contributed by atoms with Crippen LogP contribution in [0.5, 0.6) is 5.75 Å². The van der Waals surface area contributed by atoms with Crippen molar-refractivity contribution in [2.24, 2.45) is 0 Å². The van der Waals surface area contributed by atoms with Gasteiger partial charge in [-0.3, -0.25) is 14.6 Å². The van der Waals surface area contributed by atoms with E-state index in [0.29, 0.717) is 46.6 Å². The molecule has 9 nitrogen and oxygen atoms in total. The van der Waals surface area contributed by atoms with Crippen LogP contribution in [-0.2, 0) is 6.54 Å². The van der Waals surface area contributed by atoms with E-state index in [1.807, 2.05) is 131 Å². The van der Waals surface area contributed by atoms with Gasteiger partial charge < -0.3 is 14.5 Å². The first-order valence-electron chi connectivity index (χ1n) is 18.9. The monoisotopic (exact) mass is 752 g/mol. The number of nitrogens with zero attached hydrogens (tertiary/aromatic N) is 6. The van der Waals surface area contributed by atoms with Gasteiger partial charge >= 0.3 is 0 Å². The standard InChI is InChI=1S/C45H45ClN6O3/c1-31(33-14-6-4-7-15-33)52(32(2)34-16-8-5-9-17-34)45(54)39-21-13-12-20-38(39)44(53)50(37-18-10-11-19-37)28-29-51-43(36-22-23-41(55-3)40(46)30-36)48-42(49-51)35-24-26-47-27-25-35/h4-9,12-17,20-27,30-32,37H,10-11,18-19,28-29H2,1-3H3/t31-,32-/m1/s1. The van der Waals surface area contributed by atoms with Crippen molar-refractivity contribution in [3.63, 3.8) is 0 Å². The van der Waals surface area contributed by atoms with Crippen LogP contribution in [0.25, 0.3) is 22.8 Å². The number of methoxy groups -OCH3 is 1. The van der Waals surface area contributed by atoms with Gasteiger partial charge in [0.15, 0.2) is 11.6 Å². The summed E-state index contributed by atoms with van der Waals surface area (Å²) in [7, 11) is 1.58. The van der Waals surface area contributed by atoms with E-state index in [-0.39, 0.29) is 29.9 Å². The molecule has 280 valence electrons. The van der Waals surface area contributed by atoms with E-state index < -0.39 is 0 Å². The second-order valence-electron chi connectivity index (χ2n) is 13.9. The molecular formula is C45H45ClN6O3. The summed E-state index contributed by atoms with van der Waals surface area (Å²) in [5.74, 6) is 1.36. The van der Waals surface area contributed by atoms with Crippen molar-refractivity contribution in [2.45, 2.75) is 64.2 Å². The summed E-state index contributed by atoms with van der Waals surface area (Å²) in [5, 5.41) is 5.39. The van der Waals surface area contributed by atoms with Crippen molar-refractivity contribution in [3.05, 3.63) is 155 Å². The highest BCUT2D eigenvalue weighted by Gasteiger charge is 2.34. The highest BCUT2D eigenvalue weighted by Crippen LogP contribution is 2.35. The number of aromatic nitrogens is 4. The lowest BCUT2D eigenvalue weighted by Gasteiger charge is -2.36. The van der Waals surface area contributed by atoms with Gasteiger partial charge in [-0.1, -0.05) is 97.2 Å². The van der Waals surface area contributed by atoms with Gasteiger partial charge in [-0.25, -0.2) is 9.67 Å². The summed E-state index contributed by atoms with van der Waals surface area (Å²) in [6.07, 6.45) is 7.28.